The summed E-state index contributed by atoms with van der Waals surface area (Å²) in [6.07, 6.45) is 0. The molecule has 0 spiro atoms. The third-order valence-corrected chi connectivity index (χ3v) is 7.35. The number of sulfonamides is 1. The molecule has 3 rings (SSSR count). The first kappa shape index (κ1) is 20.6. The molecule has 0 saturated carbocycles. The molecule has 0 aliphatic heterocycles. The third-order valence-electron chi connectivity index (χ3n) is 3.65. The molecule has 0 fully saturated rings. The van der Waals surface area contributed by atoms with Crippen molar-refractivity contribution in [2.45, 2.75) is 4.21 Å². The van der Waals surface area contributed by atoms with Crippen LogP contribution in [-0.2, 0) is 14.8 Å². The molecular formula is C18H13Cl2FN2O3S2. The molecule has 3 aromatic rings. The first-order valence-electron chi connectivity index (χ1n) is 7.85. The summed E-state index contributed by atoms with van der Waals surface area (Å²) < 4.78 is 41.0. The van der Waals surface area contributed by atoms with E-state index >= 15 is 0 Å². The number of para-hydroxylation sites is 1. The number of carbonyl (C=O) groups excluding carboxylic acids is 1. The summed E-state index contributed by atoms with van der Waals surface area (Å²) in [6.45, 7) is -0.649. The third kappa shape index (κ3) is 4.47. The Bertz CT molecular complexity index is 1110. The molecule has 0 aliphatic carbocycles. The fourth-order valence-corrected chi connectivity index (χ4v) is 5.26. The Kier molecular flexibility index (Phi) is 6.24. The molecule has 0 aliphatic rings. The quantitative estimate of drug-likeness (QED) is 0.563. The highest BCUT2D eigenvalue weighted by Gasteiger charge is 2.30. The Balaban J connectivity index is 1.95. The fourth-order valence-electron chi connectivity index (χ4n) is 2.39. The number of nitrogens with zero attached hydrogens (tertiary/aromatic N) is 1. The van der Waals surface area contributed by atoms with Gasteiger partial charge < -0.3 is 5.32 Å². The Morgan fingerprint density at radius 2 is 1.86 bits per heavy atom. The Hall–Kier alpha value is -2.13. The van der Waals surface area contributed by atoms with Gasteiger partial charge in [-0.3, -0.25) is 9.10 Å². The van der Waals surface area contributed by atoms with Gasteiger partial charge in [0.05, 0.1) is 16.4 Å². The van der Waals surface area contributed by atoms with Gasteiger partial charge in [-0.2, -0.15) is 0 Å². The molecule has 1 heterocycles. The van der Waals surface area contributed by atoms with Gasteiger partial charge in [-0.1, -0.05) is 41.4 Å². The number of halogens is 3. The second kappa shape index (κ2) is 8.48. The normalized spacial score (nSPS) is 11.2. The van der Waals surface area contributed by atoms with Crippen molar-refractivity contribution < 1.29 is 17.6 Å². The molecule has 0 unspecified atom stereocenters. The number of carbonyl (C=O) groups is 1. The van der Waals surface area contributed by atoms with Crippen molar-refractivity contribution in [3.8, 4) is 0 Å². The summed E-state index contributed by atoms with van der Waals surface area (Å²) >= 11 is 12.9. The van der Waals surface area contributed by atoms with Gasteiger partial charge in [0.2, 0.25) is 5.91 Å². The molecule has 1 amide bonds. The lowest BCUT2D eigenvalue weighted by Crippen LogP contribution is -2.38. The smallest absolute Gasteiger partial charge is 0.274 e. The molecule has 2 aromatic carbocycles. The van der Waals surface area contributed by atoms with Crippen molar-refractivity contribution in [1.82, 2.24) is 0 Å². The zero-order valence-corrected chi connectivity index (χ0v) is 17.2. The highest BCUT2D eigenvalue weighted by molar-refractivity contribution is 7.94. The molecule has 0 radical (unpaired) electrons. The van der Waals surface area contributed by atoms with Crippen LogP contribution in [0.5, 0.6) is 0 Å². The standard InChI is InChI=1S/C18H13Cl2FN2O3S2/c19-12-7-8-13(20)15(10-12)22-17(24)11-23(16-5-2-1-4-14(16)21)28(25,26)18-6-3-9-27-18/h1-10H,11H2,(H,22,24). The highest BCUT2D eigenvalue weighted by Crippen LogP contribution is 2.29. The lowest BCUT2D eigenvalue weighted by atomic mass is 10.3. The van der Waals surface area contributed by atoms with E-state index in [2.05, 4.69) is 5.32 Å². The van der Waals surface area contributed by atoms with Gasteiger partial charge in [0.1, 0.15) is 16.6 Å². The van der Waals surface area contributed by atoms with Crippen LogP contribution in [0.1, 0.15) is 0 Å². The molecule has 0 atom stereocenters. The number of hydrogen-bond acceptors (Lipinski definition) is 4. The first-order valence-corrected chi connectivity index (χ1v) is 10.9. The van der Waals surface area contributed by atoms with Crippen LogP contribution in [0.3, 0.4) is 0 Å². The van der Waals surface area contributed by atoms with Crippen molar-refractivity contribution in [1.29, 1.82) is 0 Å². The number of thiophene rings is 1. The van der Waals surface area contributed by atoms with Gasteiger partial charge in [0, 0.05) is 5.02 Å². The maximum atomic E-state index is 14.3. The minimum Gasteiger partial charge on any atom is -0.323 e. The predicted octanol–water partition coefficient (Wildman–Crippen LogP) is 5.03. The lowest BCUT2D eigenvalue weighted by molar-refractivity contribution is -0.114. The van der Waals surface area contributed by atoms with Crippen molar-refractivity contribution in [2.75, 3.05) is 16.2 Å². The number of hydrogen-bond donors (Lipinski definition) is 1. The number of anilines is 2. The van der Waals surface area contributed by atoms with E-state index in [1.54, 1.807) is 17.5 Å². The molecule has 0 bridgehead atoms. The highest BCUT2D eigenvalue weighted by atomic mass is 35.5. The topological polar surface area (TPSA) is 66.5 Å². The van der Waals surface area contributed by atoms with Gasteiger partial charge in [-0.25, -0.2) is 12.8 Å². The largest absolute Gasteiger partial charge is 0.323 e. The summed E-state index contributed by atoms with van der Waals surface area (Å²) in [4.78, 5) is 12.5. The molecule has 1 N–H and O–H groups in total. The average Bonchev–Trinajstić information content (AvgIpc) is 3.19. The summed E-state index contributed by atoms with van der Waals surface area (Å²) in [6, 6.07) is 12.8. The molecule has 5 nitrogen and oxygen atoms in total. The van der Waals surface area contributed by atoms with E-state index in [0.29, 0.717) is 5.02 Å². The SMILES string of the molecule is O=C(CN(c1ccccc1F)S(=O)(=O)c1cccs1)Nc1cc(Cl)ccc1Cl. The van der Waals surface area contributed by atoms with E-state index in [1.807, 2.05) is 0 Å². The maximum Gasteiger partial charge on any atom is 0.274 e. The van der Waals surface area contributed by atoms with Crippen molar-refractivity contribution in [3.63, 3.8) is 0 Å². The number of rotatable bonds is 6. The van der Waals surface area contributed by atoms with Gasteiger partial charge in [-0.05, 0) is 41.8 Å². The summed E-state index contributed by atoms with van der Waals surface area (Å²) in [7, 11) is -4.15. The van der Waals surface area contributed by atoms with Crippen molar-refractivity contribution in [2.24, 2.45) is 0 Å². The predicted molar refractivity (Wildman–Crippen MR) is 110 cm³/mol. The Morgan fingerprint density at radius 3 is 2.54 bits per heavy atom. The second-order valence-corrected chi connectivity index (χ2v) is 9.45. The van der Waals surface area contributed by atoms with Crippen LogP contribution in [0.25, 0.3) is 0 Å². The number of amides is 1. The van der Waals surface area contributed by atoms with Gasteiger partial charge in [0.15, 0.2) is 0 Å². The van der Waals surface area contributed by atoms with E-state index in [4.69, 9.17) is 23.2 Å². The van der Waals surface area contributed by atoms with Crippen LogP contribution in [-0.4, -0.2) is 20.9 Å². The van der Waals surface area contributed by atoms with Crippen LogP contribution in [0.15, 0.2) is 64.2 Å². The minimum absolute atomic E-state index is 0.00987. The van der Waals surface area contributed by atoms with Crippen molar-refractivity contribution in [3.05, 3.63) is 75.8 Å². The lowest BCUT2D eigenvalue weighted by Gasteiger charge is -2.23. The van der Waals surface area contributed by atoms with Gasteiger partial charge >= 0.3 is 0 Å². The monoisotopic (exact) mass is 458 g/mol. The zero-order valence-electron chi connectivity index (χ0n) is 14.1. The van der Waals surface area contributed by atoms with E-state index in [9.17, 15) is 17.6 Å². The van der Waals surface area contributed by atoms with Crippen LogP contribution in [0, 0.1) is 5.82 Å². The summed E-state index contributed by atoms with van der Waals surface area (Å²) in [5.74, 6) is -1.47. The van der Waals surface area contributed by atoms with Crippen LogP contribution < -0.4 is 9.62 Å². The van der Waals surface area contributed by atoms with E-state index in [1.165, 1.54) is 36.4 Å². The molecular weight excluding hydrogens is 446 g/mol. The Morgan fingerprint density at radius 1 is 1.11 bits per heavy atom. The maximum absolute atomic E-state index is 14.3. The second-order valence-electron chi connectivity index (χ2n) is 5.57. The molecule has 10 heteroatoms. The molecule has 1 aromatic heterocycles. The number of benzene rings is 2. The number of nitrogens with one attached hydrogen (secondary N) is 1. The average molecular weight is 459 g/mol. The van der Waals surface area contributed by atoms with Crippen molar-refractivity contribution >= 4 is 61.8 Å². The Labute approximate surface area is 175 Å². The summed E-state index contributed by atoms with van der Waals surface area (Å²) in [5, 5.41) is 4.67. The molecule has 0 saturated heterocycles. The van der Waals surface area contributed by atoms with E-state index < -0.39 is 28.3 Å². The fraction of sp³-hybridized carbons (Fsp3) is 0.0556. The zero-order chi connectivity index (χ0) is 20.3. The first-order chi connectivity index (χ1) is 13.3. The van der Waals surface area contributed by atoms with E-state index in [0.717, 1.165) is 21.7 Å². The van der Waals surface area contributed by atoms with Crippen LogP contribution >= 0.6 is 34.5 Å². The van der Waals surface area contributed by atoms with Crippen LogP contribution in [0.2, 0.25) is 10.0 Å². The van der Waals surface area contributed by atoms with Gasteiger partial charge in [0.25, 0.3) is 10.0 Å². The summed E-state index contributed by atoms with van der Waals surface area (Å²) in [5.41, 5.74) is -0.00980. The van der Waals surface area contributed by atoms with Gasteiger partial charge in [-0.15, -0.1) is 11.3 Å². The van der Waals surface area contributed by atoms with E-state index in [-0.39, 0.29) is 20.6 Å². The minimum atomic E-state index is -4.15. The molecule has 28 heavy (non-hydrogen) atoms. The van der Waals surface area contributed by atoms with Crippen LogP contribution in [0.4, 0.5) is 15.8 Å². The molecule has 146 valence electrons.